The molecule has 0 amide bonds. The number of fused-ring (bicyclic) bond motifs is 8. The quantitative estimate of drug-likeness (QED) is 0.182. The maximum atomic E-state index is 13.7. The van der Waals surface area contributed by atoms with Gasteiger partial charge in [-0.3, -0.25) is 14.4 Å². The molecule has 0 spiro atoms. The SMILES string of the molecule is COC(=O)CCC1=C(C)C2=NC1=CC1=NC(=CC3=C(C)/C(=C\O)C(=N3)C=C3NC(=C2)C2=CC=C(C(=O)OC)[C@@H](C(=O)OC)[C@@]32C)C(C)=C1CCC(=O)OC. The number of methoxy groups -OCH3 is 4. The lowest BCUT2D eigenvalue weighted by Crippen LogP contribution is -2.41. The highest BCUT2D eigenvalue weighted by atomic mass is 16.5. The third kappa shape index (κ3) is 6.33. The third-order valence-corrected chi connectivity index (χ3v) is 10.8. The molecule has 1 aliphatic carbocycles. The molecule has 0 radical (unpaired) electrons. The number of aliphatic imine (C=N–C) groups is 3. The summed E-state index contributed by atoms with van der Waals surface area (Å²) in [7, 11) is 5.21. The van der Waals surface area contributed by atoms with Crippen LogP contribution in [0.5, 0.6) is 0 Å². The fourth-order valence-electron chi connectivity index (χ4n) is 7.62. The fraction of sp³-hybridized carbons (Fsp3) is 0.341. The van der Waals surface area contributed by atoms with Crippen LogP contribution < -0.4 is 5.32 Å². The van der Waals surface area contributed by atoms with E-state index in [1.165, 1.54) is 28.4 Å². The van der Waals surface area contributed by atoms with Gasteiger partial charge in [-0.15, -0.1) is 0 Å². The van der Waals surface area contributed by atoms with Crippen molar-refractivity contribution in [1.82, 2.24) is 5.32 Å². The van der Waals surface area contributed by atoms with Crippen LogP contribution in [-0.4, -0.2) is 74.6 Å². The van der Waals surface area contributed by atoms with E-state index in [1.54, 1.807) is 18.2 Å². The maximum Gasteiger partial charge on any atom is 0.334 e. The molecule has 8 bridgehead atoms. The van der Waals surface area contributed by atoms with Gasteiger partial charge >= 0.3 is 23.9 Å². The molecular formula is C41H42N4O9. The van der Waals surface area contributed by atoms with E-state index in [4.69, 9.17) is 33.9 Å². The summed E-state index contributed by atoms with van der Waals surface area (Å²) in [6.45, 7) is 7.53. The predicted molar refractivity (Wildman–Crippen MR) is 201 cm³/mol. The molecular weight excluding hydrogens is 692 g/mol. The number of hydrogen-bond acceptors (Lipinski definition) is 13. The van der Waals surface area contributed by atoms with Crippen LogP contribution in [0.25, 0.3) is 0 Å². The Balaban J connectivity index is 1.64. The Labute approximate surface area is 313 Å². The number of nitrogens with zero attached hydrogens (tertiary/aromatic N) is 3. The summed E-state index contributed by atoms with van der Waals surface area (Å²) in [6.07, 6.45) is 12.6. The Hall–Kier alpha value is -6.11. The molecule has 13 heteroatoms. The van der Waals surface area contributed by atoms with E-state index < -0.39 is 23.3 Å². The highest BCUT2D eigenvalue weighted by Crippen LogP contribution is 2.55. The molecule has 0 aromatic carbocycles. The number of rotatable bonds is 8. The van der Waals surface area contributed by atoms with Gasteiger partial charge < -0.3 is 29.4 Å². The first kappa shape index (κ1) is 37.6. The Kier molecular flexibility index (Phi) is 10.3. The van der Waals surface area contributed by atoms with Crippen LogP contribution in [0.15, 0.2) is 131 Å². The first-order chi connectivity index (χ1) is 25.8. The molecule has 6 aliphatic rings. The van der Waals surface area contributed by atoms with Crippen molar-refractivity contribution < 1.29 is 43.2 Å². The summed E-state index contributed by atoms with van der Waals surface area (Å²) in [5, 5.41) is 14.0. The van der Waals surface area contributed by atoms with Crippen LogP contribution in [-0.2, 0) is 38.1 Å². The van der Waals surface area contributed by atoms with Crippen LogP contribution in [0, 0.1) is 11.3 Å². The summed E-state index contributed by atoms with van der Waals surface area (Å²) in [4.78, 5) is 66.4. The minimum absolute atomic E-state index is 0.117. The Bertz CT molecular complexity index is 2210. The van der Waals surface area contributed by atoms with Crippen molar-refractivity contribution in [3.8, 4) is 0 Å². The zero-order valence-corrected chi connectivity index (χ0v) is 31.5. The molecule has 5 aliphatic heterocycles. The van der Waals surface area contributed by atoms with Gasteiger partial charge in [0, 0.05) is 29.8 Å². The normalized spacial score (nSPS) is 23.6. The number of carbonyl (C=O) groups is 4. The standard InChI is InChI=1S/C41H42N4O9/c1-20-23(10-13-36(47)51-5)31-17-32-24(11-14-37(48)52-6)21(2)30(43-32)16-34-27-12-9-25(39(49)53-7)38(40(50)54-8)41(27,4)35(45-34)18-33-26(19-46)22(3)29(44-33)15-28(20)42-31/h9,12,15-19,38,45-46H,10-11,13-14H2,1-8H3/b26-19+,28-15?,32-17?,34-16?,35-18?/t38-,41+/m0/s1. The van der Waals surface area contributed by atoms with Crippen LogP contribution in [0.1, 0.15) is 53.4 Å². The van der Waals surface area contributed by atoms with Crippen LogP contribution >= 0.6 is 0 Å². The monoisotopic (exact) mass is 734 g/mol. The average Bonchev–Trinajstić information content (AvgIpc) is 3.82. The van der Waals surface area contributed by atoms with Crippen LogP contribution in [0.3, 0.4) is 0 Å². The molecule has 54 heavy (non-hydrogen) atoms. The molecule has 1 fully saturated rings. The van der Waals surface area contributed by atoms with Gasteiger partial charge in [-0.25, -0.2) is 19.8 Å². The summed E-state index contributed by atoms with van der Waals surface area (Å²) in [5.74, 6) is -3.16. The number of ether oxygens (including phenoxy) is 4. The third-order valence-electron chi connectivity index (χ3n) is 10.8. The lowest BCUT2D eigenvalue weighted by Gasteiger charge is -2.36. The van der Waals surface area contributed by atoms with Crippen LogP contribution in [0.2, 0.25) is 0 Å². The van der Waals surface area contributed by atoms with E-state index in [0.717, 1.165) is 28.6 Å². The number of aliphatic hydroxyl groups excluding tert-OH is 1. The smallest absolute Gasteiger partial charge is 0.334 e. The van der Waals surface area contributed by atoms with Gasteiger partial charge in [0.2, 0.25) is 0 Å². The van der Waals surface area contributed by atoms with Crippen molar-refractivity contribution in [3.63, 3.8) is 0 Å². The first-order valence-corrected chi connectivity index (χ1v) is 17.4. The lowest BCUT2D eigenvalue weighted by molar-refractivity contribution is -0.150. The second kappa shape index (κ2) is 14.7. The zero-order chi connectivity index (χ0) is 39.1. The number of carbonyl (C=O) groups excluding carboxylic acids is 4. The van der Waals surface area contributed by atoms with E-state index in [1.807, 2.05) is 45.9 Å². The van der Waals surface area contributed by atoms with Crippen molar-refractivity contribution in [2.24, 2.45) is 26.3 Å². The van der Waals surface area contributed by atoms with Crippen molar-refractivity contribution in [1.29, 1.82) is 0 Å². The zero-order valence-electron chi connectivity index (χ0n) is 31.5. The average molecular weight is 735 g/mol. The molecule has 0 aromatic heterocycles. The molecule has 280 valence electrons. The fourth-order valence-corrected chi connectivity index (χ4v) is 7.62. The molecule has 0 saturated carbocycles. The first-order valence-electron chi connectivity index (χ1n) is 17.4. The van der Waals surface area contributed by atoms with Gasteiger partial charge in [0.25, 0.3) is 0 Å². The number of hydrogen-bond donors (Lipinski definition) is 2. The molecule has 2 N–H and O–H groups in total. The molecule has 0 aromatic rings. The van der Waals surface area contributed by atoms with E-state index in [-0.39, 0.29) is 30.4 Å². The Morgan fingerprint density at radius 3 is 2.06 bits per heavy atom. The number of aliphatic hydroxyl groups is 1. The van der Waals surface area contributed by atoms with E-state index in [2.05, 4.69) is 5.32 Å². The van der Waals surface area contributed by atoms with Crippen LogP contribution in [0.4, 0.5) is 0 Å². The van der Waals surface area contributed by atoms with E-state index >= 15 is 0 Å². The van der Waals surface area contributed by atoms with E-state index in [0.29, 0.717) is 75.2 Å². The molecule has 1 saturated heterocycles. The molecule has 6 rings (SSSR count). The van der Waals surface area contributed by atoms with Crippen molar-refractivity contribution in [3.05, 3.63) is 116 Å². The summed E-state index contributed by atoms with van der Waals surface area (Å²) >= 11 is 0. The van der Waals surface area contributed by atoms with Gasteiger partial charge in [-0.05, 0) is 98.3 Å². The largest absolute Gasteiger partial charge is 0.515 e. The molecule has 13 nitrogen and oxygen atoms in total. The van der Waals surface area contributed by atoms with Gasteiger partial charge in [-0.2, -0.15) is 0 Å². The summed E-state index contributed by atoms with van der Waals surface area (Å²) < 4.78 is 20.3. The summed E-state index contributed by atoms with van der Waals surface area (Å²) in [6, 6.07) is 0. The summed E-state index contributed by atoms with van der Waals surface area (Å²) in [5.41, 5.74) is 8.52. The maximum absolute atomic E-state index is 13.7. The van der Waals surface area contributed by atoms with Gasteiger partial charge in [0.1, 0.15) is 5.92 Å². The molecule has 0 unspecified atom stereocenters. The van der Waals surface area contributed by atoms with Gasteiger partial charge in [-0.1, -0.05) is 12.2 Å². The van der Waals surface area contributed by atoms with Gasteiger partial charge in [0.05, 0.1) is 79.9 Å². The van der Waals surface area contributed by atoms with Gasteiger partial charge in [0.15, 0.2) is 0 Å². The second-order valence-corrected chi connectivity index (χ2v) is 13.6. The van der Waals surface area contributed by atoms with E-state index in [9.17, 15) is 24.3 Å². The highest BCUT2D eigenvalue weighted by Gasteiger charge is 2.55. The minimum atomic E-state index is -1.19. The topological polar surface area (TPSA) is 175 Å². The minimum Gasteiger partial charge on any atom is -0.515 e. The number of allylic oxidation sites excluding steroid dienone is 14. The van der Waals surface area contributed by atoms with Crippen molar-refractivity contribution in [2.75, 3.05) is 28.4 Å². The molecule has 2 atom stereocenters. The Morgan fingerprint density at radius 2 is 1.43 bits per heavy atom. The predicted octanol–water partition coefficient (Wildman–Crippen LogP) is 5.59. The van der Waals surface area contributed by atoms with Crippen molar-refractivity contribution in [2.45, 2.75) is 53.4 Å². The number of esters is 4. The lowest BCUT2D eigenvalue weighted by atomic mass is 9.64. The number of nitrogens with one attached hydrogen (secondary N) is 1. The highest BCUT2D eigenvalue weighted by molar-refractivity contribution is 6.17. The second-order valence-electron chi connectivity index (χ2n) is 13.6. The molecule has 5 heterocycles. The Morgan fingerprint density at radius 1 is 0.759 bits per heavy atom. The van der Waals surface area contributed by atoms with Crippen molar-refractivity contribution >= 4 is 41.0 Å².